The zero-order chi connectivity index (χ0) is 12.4. The molecule has 0 saturated carbocycles. The van der Waals surface area contributed by atoms with E-state index in [4.69, 9.17) is 4.52 Å². The molecule has 5 nitrogen and oxygen atoms in total. The molecule has 0 radical (unpaired) electrons. The molecule has 18 heavy (non-hydrogen) atoms. The first-order valence-corrected chi connectivity index (χ1v) is 7.16. The van der Waals surface area contributed by atoms with E-state index >= 15 is 0 Å². The number of piperidine rings is 1. The van der Waals surface area contributed by atoms with Crippen LogP contribution in [0.3, 0.4) is 0 Å². The van der Waals surface area contributed by atoms with Crippen molar-refractivity contribution in [3.63, 3.8) is 0 Å². The Balaban J connectivity index is 1.69. The Morgan fingerprint density at radius 2 is 2.39 bits per heavy atom. The van der Waals surface area contributed by atoms with E-state index < -0.39 is 0 Å². The normalized spacial score (nSPS) is 20.2. The number of hydrogen-bond acceptors (Lipinski definition) is 6. The van der Waals surface area contributed by atoms with Gasteiger partial charge in [0.15, 0.2) is 5.82 Å². The highest BCUT2D eigenvalue weighted by Gasteiger charge is 2.21. The average Bonchev–Trinajstić information content (AvgIpc) is 3.01. The maximum Gasteiger partial charge on any atom is 0.243 e. The van der Waals surface area contributed by atoms with Crippen molar-refractivity contribution >= 4 is 11.3 Å². The van der Waals surface area contributed by atoms with Crippen LogP contribution < -0.4 is 5.32 Å². The Morgan fingerprint density at radius 3 is 3.11 bits per heavy atom. The number of aromatic nitrogens is 3. The fourth-order valence-corrected chi connectivity index (χ4v) is 2.93. The topological polar surface area (TPSA) is 63.8 Å². The third-order valence-electron chi connectivity index (χ3n) is 3.07. The van der Waals surface area contributed by atoms with Crippen molar-refractivity contribution < 1.29 is 4.52 Å². The van der Waals surface area contributed by atoms with Crippen LogP contribution >= 0.6 is 11.3 Å². The Bertz CT molecular complexity index is 516. The van der Waals surface area contributed by atoms with Gasteiger partial charge in [-0.2, -0.15) is 4.98 Å². The van der Waals surface area contributed by atoms with Crippen LogP contribution in [0.15, 0.2) is 9.90 Å². The van der Waals surface area contributed by atoms with Gasteiger partial charge in [-0.15, -0.1) is 11.3 Å². The number of nitrogens with zero attached hydrogens (tertiary/aromatic N) is 3. The van der Waals surface area contributed by atoms with Gasteiger partial charge in [0.25, 0.3) is 0 Å². The summed E-state index contributed by atoms with van der Waals surface area (Å²) in [6.45, 7) is 3.03. The van der Waals surface area contributed by atoms with Gasteiger partial charge >= 0.3 is 0 Å². The minimum atomic E-state index is 0.234. The maximum absolute atomic E-state index is 5.34. The van der Waals surface area contributed by atoms with Crippen molar-refractivity contribution in [2.75, 3.05) is 6.54 Å². The Kier molecular flexibility index (Phi) is 3.38. The Morgan fingerprint density at radius 1 is 1.44 bits per heavy atom. The third-order valence-corrected chi connectivity index (χ3v) is 4.03. The van der Waals surface area contributed by atoms with Crippen molar-refractivity contribution in [3.05, 3.63) is 27.8 Å². The van der Waals surface area contributed by atoms with Crippen LogP contribution in [0.4, 0.5) is 0 Å². The molecule has 6 heteroatoms. The summed E-state index contributed by atoms with van der Waals surface area (Å²) in [7, 11) is 0. The van der Waals surface area contributed by atoms with Crippen molar-refractivity contribution in [1.82, 2.24) is 20.4 Å². The third kappa shape index (κ3) is 2.59. The first-order valence-electron chi connectivity index (χ1n) is 6.28. The lowest BCUT2D eigenvalue weighted by atomic mass is 10.1. The van der Waals surface area contributed by atoms with E-state index in [-0.39, 0.29) is 6.04 Å². The fourth-order valence-electron chi connectivity index (χ4n) is 2.16. The van der Waals surface area contributed by atoms with Gasteiger partial charge < -0.3 is 9.84 Å². The largest absolute Gasteiger partial charge is 0.338 e. The lowest BCUT2D eigenvalue weighted by molar-refractivity contribution is 0.296. The SMILES string of the molecule is Cc1csc(Cc2noc([C@@H]3CCCCN3)n2)n1. The molecule has 1 N–H and O–H groups in total. The minimum absolute atomic E-state index is 0.234. The average molecular weight is 264 g/mol. The number of aryl methyl sites for hydroxylation is 1. The molecule has 1 saturated heterocycles. The summed E-state index contributed by atoms with van der Waals surface area (Å²) < 4.78 is 5.34. The van der Waals surface area contributed by atoms with E-state index in [1.165, 1.54) is 12.8 Å². The molecule has 3 heterocycles. The summed E-state index contributed by atoms with van der Waals surface area (Å²) in [5, 5.41) is 10.5. The predicted octanol–water partition coefficient (Wildman–Crippen LogP) is 2.24. The quantitative estimate of drug-likeness (QED) is 0.921. The Hall–Kier alpha value is -1.27. The van der Waals surface area contributed by atoms with Gasteiger partial charge in [0.05, 0.1) is 12.5 Å². The summed E-state index contributed by atoms with van der Waals surface area (Å²) in [5.41, 5.74) is 1.05. The van der Waals surface area contributed by atoms with Crippen LogP contribution in [0.5, 0.6) is 0 Å². The van der Waals surface area contributed by atoms with Crippen molar-refractivity contribution in [2.24, 2.45) is 0 Å². The molecule has 3 rings (SSSR count). The summed E-state index contributed by atoms with van der Waals surface area (Å²) in [4.78, 5) is 8.87. The van der Waals surface area contributed by atoms with E-state index in [1.54, 1.807) is 11.3 Å². The second kappa shape index (κ2) is 5.16. The van der Waals surface area contributed by atoms with Gasteiger partial charge in [0.1, 0.15) is 5.01 Å². The first kappa shape index (κ1) is 11.8. The summed E-state index contributed by atoms with van der Waals surface area (Å²) in [6, 6.07) is 0.234. The standard InChI is InChI=1S/C12H16N4OS/c1-8-7-18-11(14-8)6-10-15-12(17-16-10)9-4-2-3-5-13-9/h7,9,13H,2-6H2,1H3/t9-/m0/s1. The highest BCUT2D eigenvalue weighted by atomic mass is 32.1. The van der Waals surface area contributed by atoms with Gasteiger partial charge in [-0.05, 0) is 26.3 Å². The molecule has 1 atom stereocenters. The second-order valence-electron chi connectivity index (χ2n) is 4.61. The van der Waals surface area contributed by atoms with Gasteiger partial charge in [0, 0.05) is 11.1 Å². The Labute approximate surface area is 110 Å². The summed E-state index contributed by atoms with van der Waals surface area (Å²) in [5.74, 6) is 1.45. The van der Waals surface area contributed by atoms with Crippen LogP contribution in [0, 0.1) is 6.92 Å². The monoisotopic (exact) mass is 264 g/mol. The molecule has 0 aromatic carbocycles. The predicted molar refractivity (Wildman–Crippen MR) is 68.5 cm³/mol. The molecule has 1 aliphatic heterocycles. The van der Waals surface area contributed by atoms with Gasteiger partial charge in [-0.1, -0.05) is 11.6 Å². The number of hydrogen-bond donors (Lipinski definition) is 1. The number of nitrogens with one attached hydrogen (secondary N) is 1. The fraction of sp³-hybridized carbons (Fsp3) is 0.583. The van der Waals surface area contributed by atoms with Crippen molar-refractivity contribution in [1.29, 1.82) is 0 Å². The van der Waals surface area contributed by atoms with Gasteiger partial charge in [-0.25, -0.2) is 4.98 Å². The molecule has 0 spiro atoms. The zero-order valence-electron chi connectivity index (χ0n) is 10.3. The summed E-state index contributed by atoms with van der Waals surface area (Å²) >= 11 is 1.64. The molecule has 0 amide bonds. The summed E-state index contributed by atoms with van der Waals surface area (Å²) in [6.07, 6.45) is 4.20. The highest BCUT2D eigenvalue weighted by Crippen LogP contribution is 2.22. The molecular weight excluding hydrogens is 248 g/mol. The smallest absolute Gasteiger partial charge is 0.243 e. The molecule has 0 bridgehead atoms. The zero-order valence-corrected chi connectivity index (χ0v) is 11.2. The van der Waals surface area contributed by atoms with E-state index in [0.717, 1.165) is 35.4 Å². The molecule has 0 unspecified atom stereocenters. The molecule has 96 valence electrons. The van der Waals surface area contributed by atoms with Crippen LogP contribution in [0.25, 0.3) is 0 Å². The van der Waals surface area contributed by atoms with Crippen LogP contribution in [0.2, 0.25) is 0 Å². The molecule has 2 aromatic heterocycles. The number of thiazole rings is 1. The van der Waals surface area contributed by atoms with E-state index in [2.05, 4.69) is 20.4 Å². The lowest BCUT2D eigenvalue weighted by Gasteiger charge is -2.19. The van der Waals surface area contributed by atoms with Crippen molar-refractivity contribution in [3.8, 4) is 0 Å². The second-order valence-corrected chi connectivity index (χ2v) is 5.55. The first-order chi connectivity index (χ1) is 8.81. The molecule has 1 aliphatic rings. The molecule has 1 fully saturated rings. The lowest BCUT2D eigenvalue weighted by Crippen LogP contribution is -2.27. The van der Waals surface area contributed by atoms with Crippen LogP contribution in [0.1, 0.15) is 47.7 Å². The highest BCUT2D eigenvalue weighted by molar-refractivity contribution is 7.09. The van der Waals surface area contributed by atoms with E-state index in [0.29, 0.717) is 6.42 Å². The van der Waals surface area contributed by atoms with Gasteiger partial charge in [-0.3, -0.25) is 0 Å². The van der Waals surface area contributed by atoms with Crippen molar-refractivity contribution in [2.45, 2.75) is 38.6 Å². The maximum atomic E-state index is 5.34. The van der Waals surface area contributed by atoms with Crippen LogP contribution in [-0.4, -0.2) is 21.7 Å². The number of rotatable bonds is 3. The van der Waals surface area contributed by atoms with Gasteiger partial charge in [0.2, 0.25) is 5.89 Å². The molecule has 2 aromatic rings. The van der Waals surface area contributed by atoms with E-state index in [1.807, 2.05) is 12.3 Å². The van der Waals surface area contributed by atoms with Crippen LogP contribution in [-0.2, 0) is 6.42 Å². The minimum Gasteiger partial charge on any atom is -0.338 e. The van der Waals surface area contributed by atoms with E-state index in [9.17, 15) is 0 Å². The molecule has 0 aliphatic carbocycles. The molecular formula is C12H16N4OS.